The highest BCUT2D eigenvalue weighted by molar-refractivity contribution is 5.92. The van der Waals surface area contributed by atoms with Crippen LogP contribution in [0.2, 0.25) is 0 Å². The van der Waals surface area contributed by atoms with Gasteiger partial charge in [0.1, 0.15) is 17.2 Å². The number of aromatic amines is 1. The molecule has 0 radical (unpaired) electrons. The molecule has 0 saturated heterocycles. The van der Waals surface area contributed by atoms with E-state index >= 15 is 0 Å². The Bertz CT molecular complexity index is 882. The second-order valence-corrected chi connectivity index (χ2v) is 4.82. The highest BCUT2D eigenvalue weighted by Gasteiger charge is 2.14. The van der Waals surface area contributed by atoms with E-state index in [0.717, 1.165) is 0 Å². The summed E-state index contributed by atoms with van der Waals surface area (Å²) in [6, 6.07) is 12.1. The lowest BCUT2D eigenvalue weighted by Gasteiger charge is -2.09. The van der Waals surface area contributed by atoms with Crippen LogP contribution >= 0.6 is 0 Å². The van der Waals surface area contributed by atoms with Crippen LogP contribution in [0, 0.1) is 0 Å². The van der Waals surface area contributed by atoms with E-state index in [0.29, 0.717) is 28.0 Å². The molecule has 0 atom stereocenters. The zero-order chi connectivity index (χ0) is 15.7. The van der Waals surface area contributed by atoms with Crippen molar-refractivity contribution in [2.75, 3.05) is 14.2 Å². The fourth-order valence-electron chi connectivity index (χ4n) is 2.41. The second kappa shape index (κ2) is 5.44. The van der Waals surface area contributed by atoms with Crippen molar-refractivity contribution in [3.05, 3.63) is 52.8 Å². The van der Waals surface area contributed by atoms with Crippen molar-refractivity contribution < 1.29 is 14.6 Å². The molecule has 22 heavy (non-hydrogen) atoms. The maximum absolute atomic E-state index is 12.3. The number of methoxy groups -OCH3 is 2. The lowest BCUT2D eigenvalue weighted by atomic mass is 10.0. The first kappa shape index (κ1) is 14.0. The SMILES string of the molecule is COc1ccc(-c2c(O)c3cc(OC)ccc3[nH]c2=O)cc1. The van der Waals surface area contributed by atoms with E-state index in [9.17, 15) is 9.90 Å². The maximum Gasteiger partial charge on any atom is 0.260 e. The van der Waals surface area contributed by atoms with E-state index < -0.39 is 0 Å². The predicted molar refractivity (Wildman–Crippen MR) is 84.8 cm³/mol. The number of pyridine rings is 1. The van der Waals surface area contributed by atoms with Gasteiger partial charge in [0.15, 0.2) is 0 Å². The first-order valence-electron chi connectivity index (χ1n) is 6.71. The lowest BCUT2D eigenvalue weighted by Crippen LogP contribution is -2.09. The quantitative estimate of drug-likeness (QED) is 0.779. The van der Waals surface area contributed by atoms with Gasteiger partial charge in [0.2, 0.25) is 0 Å². The summed E-state index contributed by atoms with van der Waals surface area (Å²) in [6.45, 7) is 0. The third-order valence-electron chi connectivity index (χ3n) is 3.57. The van der Waals surface area contributed by atoms with Crippen LogP contribution in [0.15, 0.2) is 47.3 Å². The molecule has 1 aromatic heterocycles. The minimum atomic E-state index is -0.347. The zero-order valence-electron chi connectivity index (χ0n) is 12.2. The summed E-state index contributed by atoms with van der Waals surface area (Å²) < 4.78 is 10.3. The molecule has 2 aromatic carbocycles. The molecule has 5 nitrogen and oxygen atoms in total. The Morgan fingerprint density at radius 1 is 0.955 bits per heavy atom. The number of fused-ring (bicyclic) bond motifs is 1. The van der Waals surface area contributed by atoms with Crippen molar-refractivity contribution in [3.8, 4) is 28.4 Å². The molecule has 0 unspecified atom stereocenters. The van der Waals surface area contributed by atoms with E-state index in [1.165, 1.54) is 0 Å². The number of benzene rings is 2. The lowest BCUT2D eigenvalue weighted by molar-refractivity contribution is 0.415. The van der Waals surface area contributed by atoms with Gasteiger partial charge in [-0.2, -0.15) is 0 Å². The number of hydrogen-bond donors (Lipinski definition) is 2. The number of aromatic nitrogens is 1. The number of aromatic hydroxyl groups is 1. The molecule has 0 fully saturated rings. The Hall–Kier alpha value is -2.95. The first-order chi connectivity index (χ1) is 10.6. The number of H-pyrrole nitrogens is 1. The summed E-state index contributed by atoms with van der Waals surface area (Å²) in [5.41, 5.74) is 1.05. The Morgan fingerprint density at radius 2 is 1.59 bits per heavy atom. The van der Waals surface area contributed by atoms with Gasteiger partial charge in [0.05, 0.1) is 25.3 Å². The van der Waals surface area contributed by atoms with Gasteiger partial charge in [-0.1, -0.05) is 12.1 Å². The van der Waals surface area contributed by atoms with Gasteiger partial charge in [0.25, 0.3) is 5.56 Å². The minimum absolute atomic E-state index is 0.0668. The minimum Gasteiger partial charge on any atom is -0.506 e. The number of nitrogens with one attached hydrogen (secondary N) is 1. The van der Waals surface area contributed by atoms with Gasteiger partial charge in [0, 0.05) is 5.39 Å². The number of hydrogen-bond acceptors (Lipinski definition) is 4. The Balaban J connectivity index is 2.25. The van der Waals surface area contributed by atoms with Crippen LogP contribution < -0.4 is 15.0 Å². The molecule has 3 aromatic rings. The van der Waals surface area contributed by atoms with E-state index in [2.05, 4.69) is 4.98 Å². The standard InChI is InChI=1S/C17H15NO4/c1-21-11-5-3-10(4-6-11)15-16(19)13-9-12(22-2)7-8-14(13)18-17(15)20/h3-9H,1-2H3,(H2,18,19,20). The average molecular weight is 297 g/mol. The van der Waals surface area contributed by atoms with Crippen LogP contribution in [0.5, 0.6) is 17.2 Å². The summed E-state index contributed by atoms with van der Waals surface area (Å²) in [6.07, 6.45) is 0. The molecule has 0 spiro atoms. The number of ether oxygens (including phenoxy) is 2. The third-order valence-corrected chi connectivity index (χ3v) is 3.57. The van der Waals surface area contributed by atoms with E-state index in [1.54, 1.807) is 56.7 Å². The fraction of sp³-hybridized carbons (Fsp3) is 0.118. The van der Waals surface area contributed by atoms with Crippen LogP contribution in [-0.4, -0.2) is 24.3 Å². The molecule has 0 aliphatic rings. The number of rotatable bonds is 3. The summed E-state index contributed by atoms with van der Waals surface area (Å²) in [5.74, 6) is 1.22. The third kappa shape index (κ3) is 2.26. The summed E-state index contributed by atoms with van der Waals surface area (Å²) in [5, 5.41) is 11.1. The van der Waals surface area contributed by atoms with E-state index in [4.69, 9.17) is 9.47 Å². The first-order valence-corrected chi connectivity index (χ1v) is 6.71. The predicted octanol–water partition coefficient (Wildman–Crippen LogP) is 2.92. The van der Waals surface area contributed by atoms with Crippen LogP contribution in [-0.2, 0) is 0 Å². The summed E-state index contributed by atoms with van der Waals surface area (Å²) >= 11 is 0. The molecular formula is C17H15NO4. The molecule has 0 bridgehead atoms. The molecule has 0 saturated carbocycles. The topological polar surface area (TPSA) is 71.5 Å². The van der Waals surface area contributed by atoms with Gasteiger partial charge in [-0.3, -0.25) is 4.79 Å². The van der Waals surface area contributed by atoms with Crippen molar-refractivity contribution in [2.24, 2.45) is 0 Å². The molecule has 0 aliphatic heterocycles. The van der Waals surface area contributed by atoms with Gasteiger partial charge in [-0.25, -0.2) is 0 Å². The maximum atomic E-state index is 12.3. The Morgan fingerprint density at radius 3 is 2.23 bits per heavy atom. The van der Waals surface area contributed by atoms with Crippen LogP contribution in [0.4, 0.5) is 0 Å². The highest BCUT2D eigenvalue weighted by Crippen LogP contribution is 2.34. The Kier molecular flexibility index (Phi) is 3.47. The van der Waals surface area contributed by atoms with Gasteiger partial charge < -0.3 is 19.6 Å². The summed E-state index contributed by atoms with van der Waals surface area (Å²) in [7, 11) is 3.12. The molecule has 3 rings (SSSR count). The van der Waals surface area contributed by atoms with E-state index in [-0.39, 0.29) is 16.9 Å². The van der Waals surface area contributed by atoms with Crippen molar-refractivity contribution in [1.29, 1.82) is 0 Å². The normalized spacial score (nSPS) is 10.6. The highest BCUT2D eigenvalue weighted by atomic mass is 16.5. The van der Waals surface area contributed by atoms with E-state index in [1.807, 2.05) is 0 Å². The zero-order valence-corrected chi connectivity index (χ0v) is 12.2. The van der Waals surface area contributed by atoms with Crippen molar-refractivity contribution in [2.45, 2.75) is 0 Å². The molecule has 0 amide bonds. The largest absolute Gasteiger partial charge is 0.506 e. The monoisotopic (exact) mass is 297 g/mol. The van der Waals surface area contributed by atoms with Crippen molar-refractivity contribution >= 4 is 10.9 Å². The molecule has 0 aliphatic carbocycles. The summed E-state index contributed by atoms with van der Waals surface area (Å²) in [4.78, 5) is 15.1. The molecular weight excluding hydrogens is 282 g/mol. The second-order valence-electron chi connectivity index (χ2n) is 4.82. The average Bonchev–Trinajstić information content (AvgIpc) is 2.55. The van der Waals surface area contributed by atoms with Crippen LogP contribution in [0.25, 0.3) is 22.0 Å². The van der Waals surface area contributed by atoms with Crippen molar-refractivity contribution in [1.82, 2.24) is 4.98 Å². The Labute approximate surface area is 126 Å². The van der Waals surface area contributed by atoms with Crippen LogP contribution in [0.1, 0.15) is 0 Å². The molecule has 5 heteroatoms. The molecule has 112 valence electrons. The molecule has 2 N–H and O–H groups in total. The fourth-order valence-corrected chi connectivity index (χ4v) is 2.41. The smallest absolute Gasteiger partial charge is 0.260 e. The molecule has 1 heterocycles. The van der Waals surface area contributed by atoms with Gasteiger partial charge >= 0.3 is 0 Å². The van der Waals surface area contributed by atoms with Crippen LogP contribution in [0.3, 0.4) is 0 Å². The van der Waals surface area contributed by atoms with Gasteiger partial charge in [-0.15, -0.1) is 0 Å². The van der Waals surface area contributed by atoms with Crippen molar-refractivity contribution in [3.63, 3.8) is 0 Å². The van der Waals surface area contributed by atoms with Gasteiger partial charge in [-0.05, 0) is 35.9 Å².